The number of nitrogens with zero attached hydrogens (tertiary/aromatic N) is 2. The fourth-order valence-corrected chi connectivity index (χ4v) is 3.30. The van der Waals surface area contributed by atoms with E-state index < -0.39 is 17.8 Å². The number of methoxy groups -OCH3 is 1. The molecule has 2 heterocycles. The number of nitrogens with one attached hydrogen (secondary N) is 2. The molecule has 0 atom stereocenters. The van der Waals surface area contributed by atoms with Crippen LogP contribution in [0.25, 0.3) is 5.65 Å². The SMILES string of the molecule is C#CCc1c(C)nc2c(NCc3c(C)cccc3NC(=O)OC)cc(C(F)(F)F)cn12. The number of carbonyl (C=O) groups is 1. The van der Waals surface area contributed by atoms with Crippen molar-refractivity contribution in [2.24, 2.45) is 0 Å². The first-order chi connectivity index (χ1) is 14.7. The molecular weight excluding hydrogens is 409 g/mol. The van der Waals surface area contributed by atoms with Crippen LogP contribution in [-0.2, 0) is 23.9 Å². The molecule has 0 aliphatic heterocycles. The molecule has 0 spiro atoms. The zero-order valence-electron chi connectivity index (χ0n) is 17.2. The lowest BCUT2D eigenvalue weighted by atomic mass is 10.1. The zero-order valence-corrected chi connectivity index (χ0v) is 17.2. The molecule has 31 heavy (non-hydrogen) atoms. The predicted molar refractivity (Wildman–Crippen MR) is 112 cm³/mol. The Labute approximate surface area is 177 Å². The molecule has 0 fully saturated rings. The number of anilines is 2. The molecule has 0 unspecified atom stereocenters. The number of halogens is 3. The second kappa shape index (κ2) is 8.60. The first kappa shape index (κ1) is 22.0. The highest BCUT2D eigenvalue weighted by atomic mass is 19.4. The molecule has 2 aromatic heterocycles. The lowest BCUT2D eigenvalue weighted by Crippen LogP contribution is -2.15. The van der Waals surface area contributed by atoms with Gasteiger partial charge >= 0.3 is 12.3 Å². The molecule has 3 aromatic rings. The van der Waals surface area contributed by atoms with E-state index in [-0.39, 0.29) is 18.7 Å². The number of carbonyl (C=O) groups excluding carboxylic acids is 1. The van der Waals surface area contributed by atoms with Crippen LogP contribution < -0.4 is 10.6 Å². The fraction of sp³-hybridized carbons (Fsp3) is 0.273. The third-order valence-corrected chi connectivity index (χ3v) is 4.90. The van der Waals surface area contributed by atoms with Gasteiger partial charge in [0.25, 0.3) is 0 Å². The summed E-state index contributed by atoms with van der Waals surface area (Å²) in [5, 5.41) is 5.66. The number of ether oxygens (including phenoxy) is 1. The van der Waals surface area contributed by atoms with Gasteiger partial charge in [0.1, 0.15) is 0 Å². The largest absolute Gasteiger partial charge is 0.453 e. The van der Waals surface area contributed by atoms with Crippen molar-refractivity contribution in [1.82, 2.24) is 9.38 Å². The highest BCUT2D eigenvalue weighted by Gasteiger charge is 2.32. The minimum absolute atomic E-state index is 0.152. The van der Waals surface area contributed by atoms with Crippen LogP contribution in [0.2, 0.25) is 0 Å². The fourth-order valence-electron chi connectivity index (χ4n) is 3.30. The molecule has 0 bridgehead atoms. The smallest absolute Gasteiger partial charge is 0.417 e. The summed E-state index contributed by atoms with van der Waals surface area (Å²) in [5.74, 6) is 2.46. The molecule has 2 N–H and O–H groups in total. The highest BCUT2D eigenvalue weighted by molar-refractivity contribution is 5.86. The first-order valence-electron chi connectivity index (χ1n) is 9.35. The van der Waals surface area contributed by atoms with Gasteiger partial charge in [-0.2, -0.15) is 13.2 Å². The number of aryl methyl sites for hydroxylation is 2. The van der Waals surface area contributed by atoms with Crippen LogP contribution in [0, 0.1) is 26.2 Å². The van der Waals surface area contributed by atoms with Crippen molar-refractivity contribution in [3.05, 3.63) is 58.5 Å². The summed E-state index contributed by atoms with van der Waals surface area (Å²) >= 11 is 0. The van der Waals surface area contributed by atoms with Gasteiger partial charge in [0.05, 0.1) is 36.2 Å². The number of pyridine rings is 1. The Hall–Kier alpha value is -3.67. The molecular formula is C22H21F3N4O2. The summed E-state index contributed by atoms with van der Waals surface area (Å²) in [6.45, 7) is 3.70. The summed E-state index contributed by atoms with van der Waals surface area (Å²) in [6.07, 6.45) is 1.36. The van der Waals surface area contributed by atoms with E-state index in [1.807, 2.05) is 13.0 Å². The van der Waals surface area contributed by atoms with E-state index in [1.165, 1.54) is 11.5 Å². The van der Waals surface area contributed by atoms with Crippen molar-refractivity contribution in [2.75, 3.05) is 17.7 Å². The number of hydrogen-bond acceptors (Lipinski definition) is 4. The Morgan fingerprint density at radius 2 is 2.03 bits per heavy atom. The van der Waals surface area contributed by atoms with E-state index in [0.29, 0.717) is 28.3 Å². The van der Waals surface area contributed by atoms with Crippen molar-refractivity contribution in [3.8, 4) is 12.3 Å². The summed E-state index contributed by atoms with van der Waals surface area (Å²) in [5.41, 5.74) is 2.85. The van der Waals surface area contributed by atoms with Crippen LogP contribution in [0.3, 0.4) is 0 Å². The number of terminal acetylenes is 1. The topological polar surface area (TPSA) is 67.7 Å². The molecule has 6 nitrogen and oxygen atoms in total. The van der Waals surface area contributed by atoms with Crippen LogP contribution in [-0.4, -0.2) is 22.6 Å². The average molecular weight is 430 g/mol. The van der Waals surface area contributed by atoms with Gasteiger partial charge in [0, 0.05) is 18.4 Å². The second-order valence-electron chi connectivity index (χ2n) is 6.93. The Kier molecular flexibility index (Phi) is 6.11. The lowest BCUT2D eigenvalue weighted by molar-refractivity contribution is -0.137. The molecule has 1 amide bonds. The van der Waals surface area contributed by atoms with Crippen LogP contribution >= 0.6 is 0 Å². The number of aromatic nitrogens is 2. The number of imidazole rings is 1. The summed E-state index contributed by atoms with van der Waals surface area (Å²) in [6, 6.07) is 6.31. The maximum absolute atomic E-state index is 13.5. The van der Waals surface area contributed by atoms with Crippen molar-refractivity contribution >= 4 is 23.1 Å². The molecule has 162 valence electrons. The van der Waals surface area contributed by atoms with E-state index in [9.17, 15) is 18.0 Å². The molecule has 1 aromatic carbocycles. The van der Waals surface area contributed by atoms with E-state index in [2.05, 4.69) is 26.3 Å². The number of hydrogen-bond donors (Lipinski definition) is 2. The number of rotatable bonds is 5. The predicted octanol–water partition coefficient (Wildman–Crippen LogP) is 4.94. The standard InChI is InChI=1S/C22H21F3N4O2/c1-5-7-19-14(3)27-20-18(10-15(12-29(19)20)22(23,24)25)26-11-16-13(2)8-6-9-17(16)28-21(30)31-4/h1,6,8-10,12,26H,7,11H2,2-4H3,(H,28,30). The molecule has 0 radical (unpaired) electrons. The Balaban J connectivity index is 2.06. The van der Waals surface area contributed by atoms with Crippen LogP contribution in [0.5, 0.6) is 0 Å². The third-order valence-electron chi connectivity index (χ3n) is 4.90. The molecule has 9 heteroatoms. The number of fused-ring (bicyclic) bond motifs is 1. The second-order valence-corrected chi connectivity index (χ2v) is 6.93. The van der Waals surface area contributed by atoms with Crippen LogP contribution in [0.15, 0.2) is 30.5 Å². The number of amides is 1. The molecule has 0 aliphatic carbocycles. The maximum Gasteiger partial charge on any atom is 0.417 e. The van der Waals surface area contributed by atoms with Gasteiger partial charge < -0.3 is 14.5 Å². The number of benzene rings is 1. The maximum atomic E-state index is 13.5. The zero-order chi connectivity index (χ0) is 22.8. The molecule has 0 aliphatic rings. The number of alkyl halides is 3. The van der Waals surface area contributed by atoms with Gasteiger partial charge in [-0.05, 0) is 37.1 Å². The molecule has 0 saturated carbocycles. The summed E-state index contributed by atoms with van der Waals surface area (Å²) in [7, 11) is 1.25. The summed E-state index contributed by atoms with van der Waals surface area (Å²) in [4.78, 5) is 16.1. The van der Waals surface area contributed by atoms with Crippen molar-refractivity contribution in [3.63, 3.8) is 0 Å². The van der Waals surface area contributed by atoms with E-state index >= 15 is 0 Å². The van der Waals surface area contributed by atoms with E-state index in [0.717, 1.165) is 17.8 Å². The average Bonchev–Trinajstić information content (AvgIpc) is 3.02. The minimum Gasteiger partial charge on any atom is -0.453 e. The van der Waals surface area contributed by atoms with E-state index in [1.54, 1.807) is 19.1 Å². The van der Waals surface area contributed by atoms with Crippen molar-refractivity contribution < 1.29 is 22.7 Å². The Bertz CT molecular complexity index is 1180. The van der Waals surface area contributed by atoms with Gasteiger partial charge in [-0.25, -0.2) is 9.78 Å². The Morgan fingerprint density at radius 1 is 1.29 bits per heavy atom. The van der Waals surface area contributed by atoms with E-state index in [4.69, 9.17) is 6.42 Å². The lowest BCUT2D eigenvalue weighted by Gasteiger charge is -2.16. The normalized spacial score (nSPS) is 11.3. The van der Waals surface area contributed by atoms with Crippen molar-refractivity contribution in [1.29, 1.82) is 0 Å². The first-order valence-corrected chi connectivity index (χ1v) is 9.35. The van der Waals surface area contributed by atoms with Crippen molar-refractivity contribution in [2.45, 2.75) is 33.0 Å². The monoisotopic (exact) mass is 430 g/mol. The van der Waals surface area contributed by atoms with Crippen LogP contribution in [0.4, 0.5) is 29.3 Å². The van der Waals surface area contributed by atoms with Gasteiger partial charge in [-0.3, -0.25) is 5.32 Å². The Morgan fingerprint density at radius 3 is 2.68 bits per heavy atom. The molecule has 0 saturated heterocycles. The molecule has 3 rings (SSSR count). The minimum atomic E-state index is -4.55. The van der Waals surface area contributed by atoms with Crippen LogP contribution in [0.1, 0.15) is 28.1 Å². The van der Waals surface area contributed by atoms with Gasteiger partial charge in [0.15, 0.2) is 5.65 Å². The van der Waals surface area contributed by atoms with Gasteiger partial charge in [-0.1, -0.05) is 12.1 Å². The van der Waals surface area contributed by atoms with Gasteiger partial charge in [0.2, 0.25) is 0 Å². The third kappa shape index (κ3) is 4.58. The highest BCUT2D eigenvalue weighted by Crippen LogP contribution is 2.34. The summed E-state index contributed by atoms with van der Waals surface area (Å²) < 4.78 is 46.6. The quantitative estimate of drug-likeness (QED) is 0.563. The van der Waals surface area contributed by atoms with Gasteiger partial charge in [-0.15, -0.1) is 12.3 Å².